The second-order valence-corrected chi connectivity index (χ2v) is 8.04. The number of hydrogen-bond acceptors (Lipinski definition) is 4. The lowest BCUT2D eigenvalue weighted by molar-refractivity contribution is -0.131. The SMILES string of the molecule is CCNC(=NCCN1CCCCC1)NCCC(=O)N1CCN(c2ccccc2)CC1. The molecule has 0 bridgehead atoms. The van der Waals surface area contributed by atoms with Crippen molar-refractivity contribution in [3.05, 3.63) is 30.3 Å². The van der Waals surface area contributed by atoms with Gasteiger partial charge in [-0.3, -0.25) is 9.79 Å². The van der Waals surface area contributed by atoms with Crippen molar-refractivity contribution in [1.82, 2.24) is 20.4 Å². The topological polar surface area (TPSA) is 63.2 Å². The molecule has 0 saturated carbocycles. The molecule has 0 aromatic heterocycles. The number of carbonyl (C=O) groups is 1. The number of piperidine rings is 1. The number of aliphatic imine (C=N–C) groups is 1. The Bertz CT molecular complexity index is 651. The molecule has 2 aliphatic rings. The molecule has 3 rings (SSSR count). The first-order valence-corrected chi connectivity index (χ1v) is 11.6. The van der Waals surface area contributed by atoms with Crippen LogP contribution in [0.3, 0.4) is 0 Å². The smallest absolute Gasteiger partial charge is 0.224 e. The summed E-state index contributed by atoms with van der Waals surface area (Å²) in [6, 6.07) is 10.4. The monoisotopic (exact) mass is 414 g/mol. The Balaban J connectivity index is 1.35. The van der Waals surface area contributed by atoms with Gasteiger partial charge in [-0.05, 0) is 45.0 Å². The quantitative estimate of drug-likeness (QED) is 0.501. The summed E-state index contributed by atoms with van der Waals surface area (Å²) in [6.45, 7) is 11.1. The highest BCUT2D eigenvalue weighted by atomic mass is 16.2. The van der Waals surface area contributed by atoms with Crippen LogP contribution in [0.1, 0.15) is 32.6 Å². The van der Waals surface area contributed by atoms with Crippen LogP contribution in [-0.2, 0) is 4.79 Å². The number of guanidine groups is 1. The number of benzene rings is 1. The van der Waals surface area contributed by atoms with Gasteiger partial charge in [0.25, 0.3) is 0 Å². The van der Waals surface area contributed by atoms with E-state index in [1.807, 2.05) is 11.0 Å². The van der Waals surface area contributed by atoms with E-state index in [1.54, 1.807) is 0 Å². The van der Waals surface area contributed by atoms with Crippen molar-refractivity contribution >= 4 is 17.6 Å². The zero-order valence-corrected chi connectivity index (χ0v) is 18.5. The van der Waals surface area contributed by atoms with Crippen molar-refractivity contribution in [1.29, 1.82) is 0 Å². The van der Waals surface area contributed by atoms with E-state index >= 15 is 0 Å². The Hall–Kier alpha value is -2.28. The van der Waals surface area contributed by atoms with Crippen molar-refractivity contribution in [2.75, 3.05) is 70.3 Å². The second kappa shape index (κ2) is 12.4. The average Bonchev–Trinajstić information content (AvgIpc) is 2.80. The maximum Gasteiger partial charge on any atom is 0.224 e. The minimum absolute atomic E-state index is 0.222. The molecule has 2 fully saturated rings. The Labute approximate surface area is 181 Å². The van der Waals surface area contributed by atoms with Crippen LogP contribution in [0.2, 0.25) is 0 Å². The predicted molar refractivity (Wildman–Crippen MR) is 124 cm³/mol. The molecule has 0 radical (unpaired) electrons. The Kier molecular flexibility index (Phi) is 9.28. The summed E-state index contributed by atoms with van der Waals surface area (Å²) in [6.07, 6.45) is 4.48. The number of piperazine rings is 1. The molecule has 0 atom stereocenters. The summed E-state index contributed by atoms with van der Waals surface area (Å²) in [5, 5.41) is 6.61. The molecule has 0 spiro atoms. The number of para-hydroxylation sites is 1. The van der Waals surface area contributed by atoms with E-state index in [9.17, 15) is 4.79 Å². The van der Waals surface area contributed by atoms with Crippen LogP contribution in [0.4, 0.5) is 5.69 Å². The van der Waals surface area contributed by atoms with E-state index in [-0.39, 0.29) is 5.91 Å². The number of rotatable bonds is 8. The number of nitrogens with zero attached hydrogens (tertiary/aromatic N) is 4. The van der Waals surface area contributed by atoms with Gasteiger partial charge in [-0.1, -0.05) is 24.6 Å². The predicted octanol–water partition coefficient (Wildman–Crippen LogP) is 1.77. The summed E-state index contributed by atoms with van der Waals surface area (Å²) < 4.78 is 0. The third-order valence-corrected chi connectivity index (χ3v) is 5.86. The van der Waals surface area contributed by atoms with Crippen LogP contribution >= 0.6 is 0 Å². The van der Waals surface area contributed by atoms with Gasteiger partial charge in [0.2, 0.25) is 5.91 Å². The van der Waals surface area contributed by atoms with Crippen molar-refractivity contribution < 1.29 is 4.79 Å². The van der Waals surface area contributed by atoms with Gasteiger partial charge in [0.05, 0.1) is 6.54 Å². The number of amides is 1. The molecule has 2 aliphatic heterocycles. The maximum atomic E-state index is 12.6. The van der Waals surface area contributed by atoms with Crippen molar-refractivity contribution in [3.63, 3.8) is 0 Å². The van der Waals surface area contributed by atoms with E-state index in [0.29, 0.717) is 13.0 Å². The molecule has 0 aliphatic carbocycles. The molecule has 30 heavy (non-hydrogen) atoms. The first-order chi connectivity index (χ1) is 14.8. The van der Waals surface area contributed by atoms with Gasteiger partial charge in [0.15, 0.2) is 5.96 Å². The van der Waals surface area contributed by atoms with Crippen LogP contribution in [0.5, 0.6) is 0 Å². The largest absolute Gasteiger partial charge is 0.368 e. The van der Waals surface area contributed by atoms with Crippen LogP contribution in [0.25, 0.3) is 0 Å². The van der Waals surface area contributed by atoms with E-state index in [1.165, 1.54) is 38.0 Å². The molecule has 1 aromatic rings. The highest BCUT2D eigenvalue weighted by Crippen LogP contribution is 2.15. The van der Waals surface area contributed by atoms with E-state index < -0.39 is 0 Å². The molecular weight excluding hydrogens is 376 g/mol. The van der Waals surface area contributed by atoms with Gasteiger partial charge in [-0.15, -0.1) is 0 Å². The number of likely N-dealkylation sites (tertiary alicyclic amines) is 1. The second-order valence-electron chi connectivity index (χ2n) is 8.04. The summed E-state index contributed by atoms with van der Waals surface area (Å²) in [5.41, 5.74) is 1.24. The molecule has 1 aromatic carbocycles. The standard InChI is InChI=1S/C23H38N6O/c1-2-24-23(26-13-16-27-14-7-4-8-15-27)25-12-11-22(30)29-19-17-28(18-20-29)21-9-5-3-6-10-21/h3,5-6,9-10H,2,4,7-8,11-20H2,1H3,(H2,24,25,26). The molecule has 7 nitrogen and oxygen atoms in total. The molecule has 2 saturated heterocycles. The number of anilines is 1. The minimum Gasteiger partial charge on any atom is -0.368 e. The molecule has 1 amide bonds. The third kappa shape index (κ3) is 7.20. The molecule has 7 heteroatoms. The van der Waals surface area contributed by atoms with Crippen LogP contribution in [-0.4, -0.2) is 87.1 Å². The molecule has 0 unspecified atom stereocenters. The van der Waals surface area contributed by atoms with Gasteiger partial charge in [0, 0.05) is 57.9 Å². The molecule has 166 valence electrons. The lowest BCUT2D eigenvalue weighted by Gasteiger charge is -2.36. The highest BCUT2D eigenvalue weighted by Gasteiger charge is 2.20. The summed E-state index contributed by atoms with van der Waals surface area (Å²) in [7, 11) is 0. The Morgan fingerprint density at radius 2 is 1.70 bits per heavy atom. The fourth-order valence-electron chi connectivity index (χ4n) is 4.13. The maximum absolute atomic E-state index is 12.6. The lowest BCUT2D eigenvalue weighted by Crippen LogP contribution is -2.49. The summed E-state index contributed by atoms with van der Waals surface area (Å²) >= 11 is 0. The zero-order chi connectivity index (χ0) is 21.0. The highest BCUT2D eigenvalue weighted by molar-refractivity contribution is 5.81. The van der Waals surface area contributed by atoms with Gasteiger partial charge < -0.3 is 25.3 Å². The average molecular weight is 415 g/mol. The van der Waals surface area contributed by atoms with Crippen molar-refractivity contribution in [3.8, 4) is 0 Å². The normalized spacial score (nSPS) is 18.4. The number of carbonyl (C=O) groups excluding carboxylic acids is 1. The van der Waals surface area contributed by atoms with Gasteiger partial charge in [-0.25, -0.2) is 0 Å². The number of nitrogens with one attached hydrogen (secondary N) is 2. The fourth-order valence-corrected chi connectivity index (χ4v) is 4.13. The third-order valence-electron chi connectivity index (χ3n) is 5.86. The Morgan fingerprint density at radius 1 is 0.967 bits per heavy atom. The van der Waals surface area contributed by atoms with Crippen LogP contribution in [0, 0.1) is 0 Å². The van der Waals surface area contributed by atoms with Crippen molar-refractivity contribution in [2.45, 2.75) is 32.6 Å². The molecule has 2 heterocycles. The first kappa shape index (κ1) is 22.4. The van der Waals surface area contributed by atoms with E-state index in [2.05, 4.69) is 56.6 Å². The minimum atomic E-state index is 0.222. The molecular formula is C23H38N6O. The number of hydrogen-bond donors (Lipinski definition) is 2. The summed E-state index contributed by atoms with van der Waals surface area (Å²) in [5.74, 6) is 1.04. The van der Waals surface area contributed by atoms with Gasteiger partial charge in [-0.2, -0.15) is 0 Å². The lowest BCUT2D eigenvalue weighted by atomic mass is 10.1. The summed E-state index contributed by atoms with van der Waals surface area (Å²) in [4.78, 5) is 24.1. The van der Waals surface area contributed by atoms with E-state index in [0.717, 1.165) is 51.8 Å². The van der Waals surface area contributed by atoms with Crippen LogP contribution in [0.15, 0.2) is 35.3 Å². The van der Waals surface area contributed by atoms with Crippen LogP contribution < -0.4 is 15.5 Å². The first-order valence-electron chi connectivity index (χ1n) is 11.6. The molecule has 2 N–H and O–H groups in total. The van der Waals surface area contributed by atoms with Gasteiger partial charge >= 0.3 is 0 Å². The van der Waals surface area contributed by atoms with E-state index in [4.69, 9.17) is 0 Å². The van der Waals surface area contributed by atoms with Gasteiger partial charge in [0.1, 0.15) is 0 Å². The Morgan fingerprint density at radius 3 is 2.40 bits per heavy atom. The fraction of sp³-hybridized carbons (Fsp3) is 0.652. The zero-order valence-electron chi connectivity index (χ0n) is 18.5. The van der Waals surface area contributed by atoms with Crippen molar-refractivity contribution in [2.24, 2.45) is 4.99 Å².